The molecule has 0 unspecified atom stereocenters. The summed E-state index contributed by atoms with van der Waals surface area (Å²) in [7, 11) is 1.87. The zero-order valence-corrected chi connectivity index (χ0v) is 20.7. The quantitative estimate of drug-likeness (QED) is 0.463. The van der Waals surface area contributed by atoms with E-state index in [0.717, 1.165) is 45.6 Å². The van der Waals surface area contributed by atoms with Crippen LogP contribution in [-0.2, 0) is 0 Å². The Balaban J connectivity index is 0.000000235. The molecule has 0 saturated carbocycles. The molecule has 1 aliphatic rings. The number of benzene rings is 1. The zero-order valence-electron chi connectivity index (χ0n) is 20.7. The Hall–Kier alpha value is -2.99. The molecule has 1 aromatic carbocycles. The van der Waals surface area contributed by atoms with Crippen molar-refractivity contribution < 1.29 is 0 Å². The lowest BCUT2D eigenvalue weighted by atomic mass is 9.96. The first-order valence-corrected chi connectivity index (χ1v) is 11.9. The van der Waals surface area contributed by atoms with E-state index in [9.17, 15) is 0 Å². The number of rotatable bonds is 6. The van der Waals surface area contributed by atoms with Gasteiger partial charge in [-0.05, 0) is 77.1 Å². The number of likely N-dealkylation sites (tertiary alicyclic amines) is 1. The van der Waals surface area contributed by atoms with Crippen LogP contribution in [0.4, 0.5) is 11.6 Å². The van der Waals surface area contributed by atoms with Gasteiger partial charge in [0.05, 0.1) is 18.1 Å². The smallest absolute Gasteiger partial charge is 0.145 e. The third kappa shape index (κ3) is 6.99. The Bertz CT molecular complexity index is 1040. The number of aromatic nitrogens is 3. The molecular weight excluding hydrogens is 408 g/mol. The fraction of sp³-hybridized carbons (Fsp3) is 0.444. The van der Waals surface area contributed by atoms with Crippen LogP contribution < -0.4 is 10.6 Å². The fourth-order valence-corrected chi connectivity index (χ4v) is 3.98. The van der Waals surface area contributed by atoms with Crippen LogP contribution in [0, 0.1) is 5.92 Å². The number of hydrogen-bond donors (Lipinski definition) is 2. The number of hydrogen-bond acceptors (Lipinski definition) is 6. The van der Waals surface area contributed by atoms with Gasteiger partial charge in [0.1, 0.15) is 11.6 Å². The second kappa shape index (κ2) is 11.8. The van der Waals surface area contributed by atoms with Gasteiger partial charge in [0, 0.05) is 36.3 Å². The van der Waals surface area contributed by atoms with Crippen molar-refractivity contribution in [2.75, 3.05) is 30.8 Å². The van der Waals surface area contributed by atoms with Crippen LogP contribution in [-0.4, -0.2) is 52.1 Å². The Morgan fingerprint density at radius 1 is 1.00 bits per heavy atom. The Kier molecular flexibility index (Phi) is 8.78. The highest BCUT2D eigenvalue weighted by atomic mass is 15.1. The van der Waals surface area contributed by atoms with Crippen LogP contribution in [0.2, 0.25) is 0 Å². The molecule has 176 valence electrons. The predicted molar refractivity (Wildman–Crippen MR) is 141 cm³/mol. The van der Waals surface area contributed by atoms with Gasteiger partial charge < -0.3 is 15.5 Å². The summed E-state index contributed by atoms with van der Waals surface area (Å²) in [6.45, 7) is 15.1. The van der Waals surface area contributed by atoms with Crippen molar-refractivity contribution in [2.45, 2.75) is 52.6 Å². The molecule has 0 atom stereocenters. The van der Waals surface area contributed by atoms with Crippen molar-refractivity contribution in [3.05, 3.63) is 55.5 Å². The first-order valence-electron chi connectivity index (χ1n) is 11.9. The number of nitrogens with one attached hydrogen (secondary N) is 2. The van der Waals surface area contributed by atoms with Crippen LogP contribution in [0.5, 0.6) is 0 Å². The maximum absolute atomic E-state index is 4.63. The van der Waals surface area contributed by atoms with E-state index in [0.29, 0.717) is 6.04 Å². The highest BCUT2D eigenvalue weighted by molar-refractivity contribution is 5.88. The molecule has 33 heavy (non-hydrogen) atoms. The molecule has 4 rings (SSSR count). The molecule has 0 bridgehead atoms. The third-order valence-electron chi connectivity index (χ3n) is 5.98. The van der Waals surface area contributed by atoms with Crippen LogP contribution >= 0.6 is 0 Å². The Morgan fingerprint density at radius 3 is 2.39 bits per heavy atom. The standard InChI is InChI=1S/C17H19N5.C10H19N/c1-11(2)21-17-10-19-9-15(22-17)12-4-5-13-8-20-16(18-3)7-14(13)6-12;1-4-10-5-7-11(8-6-10)9(2)3/h4-11H,1-3H3,(H,18,20)(H,21,22);4,9-10H,1,5-8H2,2-3H3. The van der Waals surface area contributed by atoms with Gasteiger partial charge in [-0.25, -0.2) is 9.97 Å². The van der Waals surface area contributed by atoms with Gasteiger partial charge >= 0.3 is 0 Å². The lowest BCUT2D eigenvalue weighted by Gasteiger charge is -2.33. The van der Waals surface area contributed by atoms with Crippen molar-refractivity contribution in [3.8, 4) is 11.3 Å². The summed E-state index contributed by atoms with van der Waals surface area (Å²) in [6.07, 6.45) is 10.1. The molecule has 0 spiro atoms. The molecule has 1 aliphatic heterocycles. The molecule has 1 saturated heterocycles. The molecule has 0 radical (unpaired) electrons. The van der Waals surface area contributed by atoms with Gasteiger partial charge in [0.2, 0.25) is 0 Å². The molecule has 6 nitrogen and oxygen atoms in total. The second-order valence-electron chi connectivity index (χ2n) is 9.17. The molecule has 0 aliphatic carbocycles. The number of allylic oxidation sites excluding steroid dienone is 1. The summed E-state index contributed by atoms with van der Waals surface area (Å²) in [4.78, 5) is 15.8. The van der Waals surface area contributed by atoms with Gasteiger partial charge in [-0.3, -0.25) is 4.98 Å². The third-order valence-corrected chi connectivity index (χ3v) is 5.98. The highest BCUT2D eigenvalue weighted by Crippen LogP contribution is 2.24. The molecular formula is C27H38N6. The van der Waals surface area contributed by atoms with E-state index >= 15 is 0 Å². The minimum atomic E-state index is 0.324. The largest absolute Gasteiger partial charge is 0.373 e. The SMILES string of the molecule is C=CC1CCN(C(C)C)CC1.CNc1cc2cc(-c3cncc(NC(C)C)n3)ccc2cn1. The van der Waals surface area contributed by atoms with E-state index in [4.69, 9.17) is 0 Å². The normalized spacial score (nSPS) is 14.8. The molecule has 2 N–H and O–H groups in total. The minimum Gasteiger partial charge on any atom is -0.373 e. The fourth-order valence-electron chi connectivity index (χ4n) is 3.98. The van der Waals surface area contributed by atoms with Gasteiger partial charge in [-0.1, -0.05) is 18.2 Å². The summed E-state index contributed by atoms with van der Waals surface area (Å²) >= 11 is 0. The maximum Gasteiger partial charge on any atom is 0.145 e. The van der Waals surface area contributed by atoms with Gasteiger partial charge in [0.15, 0.2) is 0 Å². The summed E-state index contributed by atoms with van der Waals surface area (Å²) in [5, 5.41) is 8.57. The predicted octanol–water partition coefficient (Wildman–Crippen LogP) is 5.85. The average Bonchev–Trinajstić information content (AvgIpc) is 2.83. The first-order chi connectivity index (χ1) is 15.9. The maximum atomic E-state index is 4.63. The van der Waals surface area contributed by atoms with Crippen LogP contribution in [0.15, 0.2) is 55.5 Å². The lowest BCUT2D eigenvalue weighted by Crippen LogP contribution is -2.37. The summed E-state index contributed by atoms with van der Waals surface area (Å²) in [6, 6.07) is 9.29. The molecule has 1 fully saturated rings. The van der Waals surface area contributed by atoms with Crippen molar-refractivity contribution >= 4 is 22.4 Å². The molecule has 3 heterocycles. The van der Waals surface area contributed by atoms with Crippen molar-refractivity contribution in [1.29, 1.82) is 0 Å². The Labute approximate surface area is 198 Å². The monoisotopic (exact) mass is 446 g/mol. The van der Waals surface area contributed by atoms with E-state index in [1.807, 2.05) is 25.4 Å². The number of nitrogens with zero attached hydrogens (tertiary/aromatic N) is 4. The summed E-state index contributed by atoms with van der Waals surface area (Å²) < 4.78 is 0. The Morgan fingerprint density at radius 2 is 1.76 bits per heavy atom. The minimum absolute atomic E-state index is 0.324. The number of fused-ring (bicyclic) bond motifs is 1. The number of anilines is 2. The van der Waals surface area contributed by atoms with Crippen LogP contribution in [0.3, 0.4) is 0 Å². The topological polar surface area (TPSA) is 66.0 Å². The average molecular weight is 447 g/mol. The van der Waals surface area contributed by atoms with Crippen molar-refractivity contribution in [1.82, 2.24) is 19.9 Å². The number of pyridine rings is 1. The van der Waals surface area contributed by atoms with E-state index in [1.165, 1.54) is 25.9 Å². The van der Waals surface area contributed by atoms with Crippen molar-refractivity contribution in [3.63, 3.8) is 0 Å². The zero-order chi connectivity index (χ0) is 23.8. The second-order valence-corrected chi connectivity index (χ2v) is 9.17. The highest BCUT2D eigenvalue weighted by Gasteiger charge is 2.18. The molecule has 3 aromatic rings. The van der Waals surface area contributed by atoms with E-state index in [-0.39, 0.29) is 0 Å². The van der Waals surface area contributed by atoms with Gasteiger partial charge in [-0.2, -0.15) is 0 Å². The molecule has 6 heteroatoms. The first kappa shape index (κ1) is 24.6. The van der Waals surface area contributed by atoms with E-state index < -0.39 is 0 Å². The van der Waals surface area contributed by atoms with Gasteiger partial charge in [-0.15, -0.1) is 6.58 Å². The van der Waals surface area contributed by atoms with Gasteiger partial charge in [0.25, 0.3) is 0 Å². The van der Waals surface area contributed by atoms with E-state index in [1.54, 1.807) is 12.4 Å². The van der Waals surface area contributed by atoms with Crippen LogP contribution in [0.1, 0.15) is 40.5 Å². The summed E-state index contributed by atoms with van der Waals surface area (Å²) in [5.74, 6) is 2.43. The van der Waals surface area contributed by atoms with E-state index in [2.05, 4.69) is 83.0 Å². The summed E-state index contributed by atoms with van der Waals surface area (Å²) in [5.41, 5.74) is 1.90. The lowest BCUT2D eigenvalue weighted by molar-refractivity contribution is 0.164. The molecule has 0 amide bonds. The van der Waals surface area contributed by atoms with Crippen molar-refractivity contribution in [2.24, 2.45) is 5.92 Å². The molecule has 2 aromatic heterocycles. The van der Waals surface area contributed by atoms with Crippen LogP contribution in [0.25, 0.3) is 22.0 Å². The number of piperidine rings is 1.